The molecule has 0 saturated heterocycles. The van der Waals surface area contributed by atoms with E-state index < -0.39 is 0 Å². The first kappa shape index (κ1) is 13.1. The molecule has 3 heteroatoms. The number of rotatable bonds is 4. The SMILES string of the molecule is CN(C)C1=C(c2ccccc2)C1(N(C)C)N(C)C. The van der Waals surface area contributed by atoms with Crippen LogP contribution >= 0.6 is 0 Å². The summed E-state index contributed by atoms with van der Waals surface area (Å²) in [5.41, 5.74) is 4.03. The highest BCUT2D eigenvalue weighted by Crippen LogP contribution is 2.55. The standard InChI is InChI=1S/C15H23N3/c1-16(2)14-13(12-10-8-7-9-11-12)15(14,17(3)4)18(5)6/h7-11H,1-6H3. The smallest absolute Gasteiger partial charge is 0.143 e. The Hall–Kier alpha value is -1.32. The van der Waals surface area contributed by atoms with E-state index in [1.54, 1.807) is 0 Å². The normalized spacial score (nSPS) is 17.6. The van der Waals surface area contributed by atoms with Crippen molar-refractivity contribution in [3.8, 4) is 0 Å². The molecule has 98 valence electrons. The topological polar surface area (TPSA) is 9.72 Å². The van der Waals surface area contributed by atoms with Crippen molar-refractivity contribution in [2.45, 2.75) is 5.66 Å². The average molecular weight is 245 g/mol. The lowest BCUT2D eigenvalue weighted by atomic mass is 10.1. The fourth-order valence-electron chi connectivity index (χ4n) is 3.00. The van der Waals surface area contributed by atoms with Gasteiger partial charge in [-0.2, -0.15) is 0 Å². The highest BCUT2D eigenvalue weighted by molar-refractivity contribution is 5.93. The lowest BCUT2D eigenvalue weighted by Gasteiger charge is -2.35. The quantitative estimate of drug-likeness (QED) is 0.749. The summed E-state index contributed by atoms with van der Waals surface area (Å²) in [6.45, 7) is 0. The number of nitrogens with zero attached hydrogens (tertiary/aromatic N) is 3. The van der Waals surface area contributed by atoms with E-state index >= 15 is 0 Å². The summed E-state index contributed by atoms with van der Waals surface area (Å²) < 4.78 is 0. The van der Waals surface area contributed by atoms with Gasteiger partial charge in [0.05, 0.1) is 5.70 Å². The molecule has 0 atom stereocenters. The highest BCUT2D eigenvalue weighted by atomic mass is 15.4. The van der Waals surface area contributed by atoms with Gasteiger partial charge in [0.1, 0.15) is 5.66 Å². The Labute approximate surface area is 110 Å². The van der Waals surface area contributed by atoms with Crippen molar-refractivity contribution in [2.24, 2.45) is 0 Å². The van der Waals surface area contributed by atoms with Gasteiger partial charge in [-0.1, -0.05) is 30.3 Å². The minimum Gasteiger partial charge on any atom is -0.378 e. The molecule has 0 heterocycles. The van der Waals surface area contributed by atoms with Gasteiger partial charge in [-0.15, -0.1) is 0 Å². The van der Waals surface area contributed by atoms with Crippen LogP contribution in [0.5, 0.6) is 0 Å². The molecule has 1 aromatic carbocycles. The van der Waals surface area contributed by atoms with E-state index in [1.807, 2.05) is 0 Å². The zero-order valence-electron chi connectivity index (χ0n) is 12.2. The summed E-state index contributed by atoms with van der Waals surface area (Å²) in [5, 5.41) is 0. The van der Waals surface area contributed by atoms with Gasteiger partial charge in [-0.3, -0.25) is 9.80 Å². The third-order valence-electron chi connectivity index (χ3n) is 3.66. The van der Waals surface area contributed by atoms with Crippen LogP contribution in [0.4, 0.5) is 0 Å². The predicted octanol–water partition coefficient (Wildman–Crippen LogP) is 1.79. The fourth-order valence-corrected chi connectivity index (χ4v) is 3.00. The van der Waals surface area contributed by atoms with Gasteiger partial charge in [0.15, 0.2) is 0 Å². The average Bonchev–Trinajstić information content (AvgIpc) is 3.01. The lowest BCUT2D eigenvalue weighted by molar-refractivity contribution is 0.113. The number of hydrogen-bond acceptors (Lipinski definition) is 3. The van der Waals surface area contributed by atoms with E-state index in [2.05, 4.69) is 87.3 Å². The van der Waals surface area contributed by atoms with Crippen LogP contribution in [0.25, 0.3) is 5.57 Å². The largest absolute Gasteiger partial charge is 0.378 e. The molecule has 0 unspecified atom stereocenters. The molecule has 1 aromatic rings. The summed E-state index contributed by atoms with van der Waals surface area (Å²) in [5.74, 6) is 0. The molecule has 18 heavy (non-hydrogen) atoms. The van der Waals surface area contributed by atoms with Crippen LogP contribution in [0.3, 0.4) is 0 Å². The molecule has 0 radical (unpaired) electrons. The number of hydrogen-bond donors (Lipinski definition) is 0. The van der Waals surface area contributed by atoms with Crippen molar-refractivity contribution in [3.05, 3.63) is 41.6 Å². The van der Waals surface area contributed by atoms with Crippen molar-refractivity contribution in [1.82, 2.24) is 14.7 Å². The van der Waals surface area contributed by atoms with E-state index in [-0.39, 0.29) is 5.66 Å². The van der Waals surface area contributed by atoms with Gasteiger partial charge < -0.3 is 4.90 Å². The molecular weight excluding hydrogens is 222 g/mol. The Morgan fingerprint density at radius 2 is 1.28 bits per heavy atom. The second-order valence-corrected chi connectivity index (χ2v) is 5.45. The Morgan fingerprint density at radius 1 is 0.778 bits per heavy atom. The Morgan fingerprint density at radius 3 is 1.61 bits per heavy atom. The molecule has 1 aliphatic rings. The van der Waals surface area contributed by atoms with Crippen molar-refractivity contribution in [3.63, 3.8) is 0 Å². The van der Waals surface area contributed by atoms with Gasteiger partial charge in [-0.05, 0) is 33.8 Å². The molecule has 0 fully saturated rings. The Bertz CT molecular complexity index is 450. The lowest BCUT2D eigenvalue weighted by Crippen LogP contribution is -2.48. The maximum absolute atomic E-state index is 2.28. The molecule has 0 N–H and O–H groups in total. The van der Waals surface area contributed by atoms with Crippen molar-refractivity contribution in [1.29, 1.82) is 0 Å². The van der Waals surface area contributed by atoms with Gasteiger partial charge in [0, 0.05) is 19.7 Å². The summed E-state index contributed by atoms with van der Waals surface area (Å²) in [7, 11) is 12.8. The van der Waals surface area contributed by atoms with Crippen molar-refractivity contribution in [2.75, 3.05) is 42.3 Å². The van der Waals surface area contributed by atoms with Crippen LogP contribution in [0.15, 0.2) is 36.0 Å². The van der Waals surface area contributed by atoms with Gasteiger partial charge in [0.2, 0.25) is 0 Å². The van der Waals surface area contributed by atoms with Crippen LogP contribution in [-0.4, -0.2) is 62.6 Å². The molecule has 2 rings (SSSR count). The summed E-state index contributed by atoms with van der Waals surface area (Å²) in [4.78, 5) is 6.79. The number of likely N-dealkylation sites (N-methyl/N-ethyl adjacent to an activating group) is 3. The predicted molar refractivity (Wildman–Crippen MR) is 77.2 cm³/mol. The van der Waals surface area contributed by atoms with Crippen LogP contribution in [0.1, 0.15) is 5.56 Å². The first-order valence-corrected chi connectivity index (χ1v) is 6.26. The van der Waals surface area contributed by atoms with Gasteiger partial charge in [-0.25, -0.2) is 0 Å². The third kappa shape index (κ3) is 1.66. The second kappa shape index (κ2) is 4.41. The first-order chi connectivity index (χ1) is 8.44. The van der Waals surface area contributed by atoms with E-state index in [1.165, 1.54) is 16.8 Å². The zero-order chi connectivity index (χ0) is 13.5. The van der Waals surface area contributed by atoms with Crippen LogP contribution in [0.2, 0.25) is 0 Å². The van der Waals surface area contributed by atoms with Crippen LogP contribution in [-0.2, 0) is 0 Å². The van der Waals surface area contributed by atoms with Gasteiger partial charge >= 0.3 is 0 Å². The summed E-state index contributed by atoms with van der Waals surface area (Å²) in [6, 6.07) is 10.6. The molecule has 0 spiro atoms. The maximum Gasteiger partial charge on any atom is 0.143 e. The summed E-state index contributed by atoms with van der Waals surface area (Å²) in [6.07, 6.45) is 0. The number of benzene rings is 1. The third-order valence-corrected chi connectivity index (χ3v) is 3.66. The second-order valence-electron chi connectivity index (χ2n) is 5.45. The molecule has 0 bridgehead atoms. The van der Waals surface area contributed by atoms with Crippen molar-refractivity contribution < 1.29 is 0 Å². The fraction of sp³-hybridized carbons (Fsp3) is 0.467. The Balaban J connectivity index is 2.49. The van der Waals surface area contributed by atoms with Crippen LogP contribution in [0, 0.1) is 0 Å². The minimum absolute atomic E-state index is 0.0646. The van der Waals surface area contributed by atoms with E-state index in [4.69, 9.17) is 0 Å². The Kier molecular flexibility index (Phi) is 3.21. The molecule has 0 saturated carbocycles. The van der Waals surface area contributed by atoms with Crippen LogP contribution < -0.4 is 0 Å². The first-order valence-electron chi connectivity index (χ1n) is 6.26. The molecular formula is C15H23N3. The highest BCUT2D eigenvalue weighted by Gasteiger charge is 2.59. The molecule has 0 aliphatic heterocycles. The maximum atomic E-state index is 2.28. The molecule has 3 nitrogen and oxygen atoms in total. The summed E-state index contributed by atoms with van der Waals surface area (Å²) >= 11 is 0. The molecule has 0 aromatic heterocycles. The molecule has 1 aliphatic carbocycles. The van der Waals surface area contributed by atoms with Crippen molar-refractivity contribution >= 4 is 5.57 Å². The van der Waals surface area contributed by atoms with E-state index in [0.29, 0.717) is 0 Å². The van der Waals surface area contributed by atoms with E-state index in [0.717, 1.165) is 0 Å². The monoisotopic (exact) mass is 245 g/mol. The minimum atomic E-state index is -0.0646. The zero-order valence-corrected chi connectivity index (χ0v) is 12.2. The molecule has 0 amide bonds. The van der Waals surface area contributed by atoms with E-state index in [9.17, 15) is 0 Å². The van der Waals surface area contributed by atoms with Gasteiger partial charge in [0.25, 0.3) is 0 Å².